The summed E-state index contributed by atoms with van der Waals surface area (Å²) in [5, 5.41) is 3.61. The highest BCUT2D eigenvalue weighted by Crippen LogP contribution is 2.25. The summed E-state index contributed by atoms with van der Waals surface area (Å²) in [7, 11) is 0. The van der Waals surface area contributed by atoms with Gasteiger partial charge in [0.1, 0.15) is 0 Å². The van der Waals surface area contributed by atoms with Crippen LogP contribution in [0.2, 0.25) is 10.0 Å². The standard InChI is InChI=1S/C17H24Cl2N4O2/c1-3-11(2)15(20)16(24)22-6-8-23(9-7-22)17(25)21-12-4-5-13(18)14(19)10-12/h4-5,10-11,15H,3,6-9,20H2,1-2H3,(H,21,25)/t11-,15-/m0/s1. The molecule has 3 N–H and O–H groups in total. The molecule has 0 radical (unpaired) electrons. The van der Waals surface area contributed by atoms with Crippen LogP contribution in [0.3, 0.4) is 0 Å². The van der Waals surface area contributed by atoms with Gasteiger partial charge in [-0.25, -0.2) is 4.79 Å². The first kappa shape index (κ1) is 19.8. The van der Waals surface area contributed by atoms with Crippen molar-refractivity contribution in [2.75, 3.05) is 31.5 Å². The van der Waals surface area contributed by atoms with E-state index < -0.39 is 6.04 Å². The number of halogens is 2. The quantitative estimate of drug-likeness (QED) is 0.834. The zero-order valence-corrected chi connectivity index (χ0v) is 16.0. The normalized spacial score (nSPS) is 17.2. The molecule has 0 bridgehead atoms. The van der Waals surface area contributed by atoms with Crippen LogP contribution < -0.4 is 11.1 Å². The number of hydrogen-bond donors (Lipinski definition) is 2. The first-order valence-electron chi connectivity index (χ1n) is 8.38. The molecule has 6 nitrogen and oxygen atoms in total. The van der Waals surface area contributed by atoms with Gasteiger partial charge in [0.25, 0.3) is 0 Å². The van der Waals surface area contributed by atoms with E-state index in [9.17, 15) is 9.59 Å². The Morgan fingerprint density at radius 2 is 1.76 bits per heavy atom. The second kappa shape index (κ2) is 8.74. The molecule has 2 atom stereocenters. The van der Waals surface area contributed by atoms with E-state index in [-0.39, 0.29) is 17.9 Å². The molecule has 0 saturated carbocycles. The molecule has 138 valence electrons. The van der Waals surface area contributed by atoms with E-state index in [0.717, 1.165) is 6.42 Å². The van der Waals surface area contributed by atoms with Crippen LogP contribution in [0.5, 0.6) is 0 Å². The Bertz CT molecular complexity index is 633. The number of hydrogen-bond acceptors (Lipinski definition) is 3. The van der Waals surface area contributed by atoms with Gasteiger partial charge in [-0.15, -0.1) is 0 Å². The van der Waals surface area contributed by atoms with E-state index in [0.29, 0.717) is 41.9 Å². The molecule has 2 rings (SSSR count). The first-order valence-corrected chi connectivity index (χ1v) is 9.14. The van der Waals surface area contributed by atoms with Gasteiger partial charge < -0.3 is 20.9 Å². The largest absolute Gasteiger partial charge is 0.338 e. The van der Waals surface area contributed by atoms with Crippen LogP contribution >= 0.6 is 23.2 Å². The lowest BCUT2D eigenvalue weighted by molar-refractivity contribution is -0.135. The summed E-state index contributed by atoms with van der Waals surface area (Å²) >= 11 is 11.8. The van der Waals surface area contributed by atoms with Gasteiger partial charge in [0.2, 0.25) is 5.91 Å². The highest BCUT2D eigenvalue weighted by atomic mass is 35.5. The van der Waals surface area contributed by atoms with Gasteiger partial charge in [0.15, 0.2) is 0 Å². The number of nitrogens with zero attached hydrogens (tertiary/aromatic N) is 2. The summed E-state index contributed by atoms with van der Waals surface area (Å²) in [6.45, 7) is 5.89. The van der Waals surface area contributed by atoms with Crippen LogP contribution in [0.25, 0.3) is 0 Å². The topological polar surface area (TPSA) is 78.7 Å². The van der Waals surface area contributed by atoms with Gasteiger partial charge >= 0.3 is 6.03 Å². The van der Waals surface area contributed by atoms with Gasteiger partial charge in [-0.1, -0.05) is 43.5 Å². The minimum atomic E-state index is -0.485. The van der Waals surface area contributed by atoms with E-state index >= 15 is 0 Å². The Balaban J connectivity index is 1.87. The number of piperazine rings is 1. The fourth-order valence-electron chi connectivity index (χ4n) is 2.61. The third kappa shape index (κ3) is 5.00. The predicted octanol–water partition coefficient (Wildman–Crippen LogP) is 3.04. The number of benzene rings is 1. The highest BCUT2D eigenvalue weighted by Gasteiger charge is 2.29. The van der Waals surface area contributed by atoms with E-state index in [2.05, 4.69) is 5.32 Å². The molecule has 0 aromatic heterocycles. The number of carbonyl (C=O) groups excluding carboxylic acids is 2. The van der Waals surface area contributed by atoms with Crippen LogP contribution in [-0.4, -0.2) is 54.0 Å². The van der Waals surface area contributed by atoms with Crippen LogP contribution in [0.1, 0.15) is 20.3 Å². The average molecular weight is 387 g/mol. The Hall–Kier alpha value is -1.50. The van der Waals surface area contributed by atoms with E-state index in [1.807, 2.05) is 13.8 Å². The van der Waals surface area contributed by atoms with E-state index in [1.54, 1.807) is 28.0 Å². The summed E-state index contributed by atoms with van der Waals surface area (Å²) in [5.41, 5.74) is 6.60. The maximum absolute atomic E-state index is 12.4. The molecule has 0 spiro atoms. The Morgan fingerprint density at radius 3 is 2.32 bits per heavy atom. The average Bonchev–Trinajstić information content (AvgIpc) is 2.63. The highest BCUT2D eigenvalue weighted by molar-refractivity contribution is 6.42. The zero-order chi connectivity index (χ0) is 18.6. The molecule has 1 heterocycles. The molecule has 1 aliphatic heterocycles. The number of carbonyl (C=O) groups is 2. The molecular formula is C17H24Cl2N4O2. The third-order valence-electron chi connectivity index (χ3n) is 4.59. The summed E-state index contributed by atoms with van der Waals surface area (Å²) in [4.78, 5) is 28.1. The summed E-state index contributed by atoms with van der Waals surface area (Å²) in [6, 6.07) is 4.22. The lowest BCUT2D eigenvalue weighted by Gasteiger charge is -2.36. The maximum atomic E-state index is 12.4. The fraction of sp³-hybridized carbons (Fsp3) is 0.529. The van der Waals surface area contributed by atoms with Crippen molar-refractivity contribution in [3.63, 3.8) is 0 Å². The summed E-state index contributed by atoms with van der Waals surface area (Å²) in [6.07, 6.45) is 0.860. The second-order valence-electron chi connectivity index (χ2n) is 6.28. The molecule has 1 aromatic carbocycles. The van der Waals surface area contributed by atoms with Gasteiger partial charge in [-0.3, -0.25) is 4.79 Å². The van der Waals surface area contributed by atoms with Crippen LogP contribution in [0.4, 0.5) is 10.5 Å². The van der Waals surface area contributed by atoms with Gasteiger partial charge in [0, 0.05) is 31.9 Å². The van der Waals surface area contributed by atoms with E-state index in [1.165, 1.54) is 0 Å². The fourth-order valence-corrected chi connectivity index (χ4v) is 2.91. The lowest BCUT2D eigenvalue weighted by atomic mass is 9.98. The number of anilines is 1. The smallest absolute Gasteiger partial charge is 0.321 e. The minimum Gasteiger partial charge on any atom is -0.338 e. The zero-order valence-electron chi connectivity index (χ0n) is 14.5. The number of nitrogens with two attached hydrogens (primary N) is 1. The first-order chi connectivity index (χ1) is 11.8. The molecule has 8 heteroatoms. The Morgan fingerprint density at radius 1 is 1.16 bits per heavy atom. The number of nitrogens with one attached hydrogen (secondary N) is 1. The molecule has 1 fully saturated rings. The van der Waals surface area contributed by atoms with Crippen molar-refractivity contribution in [3.8, 4) is 0 Å². The number of amides is 3. The molecule has 0 unspecified atom stereocenters. The Kier molecular flexibility index (Phi) is 6.93. The van der Waals surface area contributed by atoms with Crippen LogP contribution in [-0.2, 0) is 4.79 Å². The molecule has 0 aliphatic carbocycles. The Labute approximate surface area is 158 Å². The third-order valence-corrected chi connectivity index (χ3v) is 5.33. The second-order valence-corrected chi connectivity index (χ2v) is 7.10. The van der Waals surface area contributed by atoms with Crippen LogP contribution in [0.15, 0.2) is 18.2 Å². The van der Waals surface area contributed by atoms with Crippen molar-refractivity contribution in [2.45, 2.75) is 26.3 Å². The van der Waals surface area contributed by atoms with Crippen LogP contribution in [0, 0.1) is 5.92 Å². The van der Waals surface area contributed by atoms with Crippen molar-refractivity contribution >= 4 is 40.8 Å². The molecule has 1 saturated heterocycles. The number of urea groups is 1. The number of rotatable bonds is 4. The van der Waals surface area contributed by atoms with Crippen molar-refractivity contribution < 1.29 is 9.59 Å². The van der Waals surface area contributed by atoms with Crippen molar-refractivity contribution in [2.24, 2.45) is 11.7 Å². The summed E-state index contributed by atoms with van der Waals surface area (Å²) in [5.74, 6) is 0.0994. The van der Waals surface area contributed by atoms with Gasteiger partial charge in [-0.2, -0.15) is 0 Å². The molecular weight excluding hydrogens is 363 g/mol. The molecule has 1 aromatic rings. The van der Waals surface area contributed by atoms with Gasteiger partial charge in [0.05, 0.1) is 16.1 Å². The monoisotopic (exact) mass is 386 g/mol. The van der Waals surface area contributed by atoms with Crippen molar-refractivity contribution in [1.29, 1.82) is 0 Å². The summed E-state index contributed by atoms with van der Waals surface area (Å²) < 4.78 is 0. The molecule has 3 amide bonds. The van der Waals surface area contributed by atoms with Crippen molar-refractivity contribution in [1.82, 2.24) is 9.80 Å². The molecule has 1 aliphatic rings. The predicted molar refractivity (Wildman–Crippen MR) is 101 cm³/mol. The van der Waals surface area contributed by atoms with Gasteiger partial charge in [-0.05, 0) is 24.1 Å². The molecule has 25 heavy (non-hydrogen) atoms. The lowest BCUT2D eigenvalue weighted by Crippen LogP contribution is -2.56. The van der Waals surface area contributed by atoms with Crippen molar-refractivity contribution in [3.05, 3.63) is 28.2 Å². The minimum absolute atomic E-state index is 0.0427. The maximum Gasteiger partial charge on any atom is 0.321 e. The SMILES string of the molecule is CC[C@H](C)[C@H](N)C(=O)N1CCN(C(=O)Nc2ccc(Cl)c(Cl)c2)CC1. The van der Waals surface area contributed by atoms with E-state index in [4.69, 9.17) is 28.9 Å².